The summed E-state index contributed by atoms with van der Waals surface area (Å²) in [5.41, 5.74) is 1.03. The van der Waals surface area contributed by atoms with Crippen molar-refractivity contribution in [3.63, 3.8) is 0 Å². The molecule has 112 valence electrons. The highest BCUT2D eigenvalue weighted by atomic mass is 19.1. The number of hydrogen-bond donors (Lipinski definition) is 0. The van der Waals surface area contributed by atoms with E-state index in [0.29, 0.717) is 26.2 Å². The van der Waals surface area contributed by atoms with Gasteiger partial charge in [-0.1, -0.05) is 17.7 Å². The van der Waals surface area contributed by atoms with Gasteiger partial charge in [-0.3, -0.25) is 9.59 Å². The van der Waals surface area contributed by atoms with Gasteiger partial charge in [0.05, 0.1) is 5.56 Å². The van der Waals surface area contributed by atoms with E-state index in [2.05, 4.69) is 0 Å². The van der Waals surface area contributed by atoms with Gasteiger partial charge in [0.15, 0.2) is 0 Å². The van der Waals surface area contributed by atoms with Gasteiger partial charge in [0, 0.05) is 32.3 Å². The van der Waals surface area contributed by atoms with Gasteiger partial charge in [-0.15, -0.1) is 0 Å². The molecule has 1 fully saturated rings. The molecule has 1 aromatic carbocycles. The zero-order chi connectivity index (χ0) is 15.4. The SMILES string of the molecule is CC(C)=CC(=O)N1CCN(C(=O)c2ccccc2F)CC1. The maximum absolute atomic E-state index is 13.6. The maximum atomic E-state index is 13.6. The van der Waals surface area contributed by atoms with E-state index in [1.807, 2.05) is 13.8 Å². The number of amides is 2. The van der Waals surface area contributed by atoms with Crippen molar-refractivity contribution in [3.8, 4) is 0 Å². The van der Waals surface area contributed by atoms with Crippen molar-refractivity contribution < 1.29 is 14.0 Å². The Bertz CT molecular complexity index is 571. The van der Waals surface area contributed by atoms with Gasteiger partial charge in [-0.05, 0) is 26.0 Å². The average molecular weight is 290 g/mol. The predicted molar refractivity (Wildman–Crippen MR) is 78.3 cm³/mol. The second kappa shape index (κ2) is 6.52. The number of nitrogens with zero attached hydrogens (tertiary/aromatic N) is 2. The van der Waals surface area contributed by atoms with E-state index in [-0.39, 0.29) is 17.4 Å². The molecule has 1 aliphatic rings. The lowest BCUT2D eigenvalue weighted by Gasteiger charge is -2.34. The first-order chi connectivity index (χ1) is 9.99. The molecule has 4 nitrogen and oxygen atoms in total. The molecule has 0 atom stereocenters. The van der Waals surface area contributed by atoms with Gasteiger partial charge in [0.2, 0.25) is 5.91 Å². The minimum atomic E-state index is -0.509. The maximum Gasteiger partial charge on any atom is 0.256 e. The minimum Gasteiger partial charge on any atom is -0.336 e. The van der Waals surface area contributed by atoms with Gasteiger partial charge in [0.1, 0.15) is 5.82 Å². The summed E-state index contributed by atoms with van der Waals surface area (Å²) in [6.07, 6.45) is 1.59. The van der Waals surface area contributed by atoms with Gasteiger partial charge in [-0.25, -0.2) is 4.39 Å². The molecule has 0 aliphatic carbocycles. The largest absolute Gasteiger partial charge is 0.336 e. The summed E-state index contributed by atoms with van der Waals surface area (Å²) >= 11 is 0. The fourth-order valence-electron chi connectivity index (χ4n) is 2.27. The zero-order valence-electron chi connectivity index (χ0n) is 12.3. The number of piperazine rings is 1. The number of hydrogen-bond acceptors (Lipinski definition) is 2. The molecule has 21 heavy (non-hydrogen) atoms. The van der Waals surface area contributed by atoms with Crippen LogP contribution in [0, 0.1) is 5.82 Å². The number of benzene rings is 1. The summed E-state index contributed by atoms with van der Waals surface area (Å²) in [4.78, 5) is 27.4. The van der Waals surface area contributed by atoms with Crippen molar-refractivity contribution in [2.75, 3.05) is 26.2 Å². The van der Waals surface area contributed by atoms with Crippen molar-refractivity contribution >= 4 is 11.8 Å². The number of carbonyl (C=O) groups is 2. The van der Waals surface area contributed by atoms with Crippen LogP contribution in [0.4, 0.5) is 4.39 Å². The number of rotatable bonds is 2. The Morgan fingerprint density at radius 2 is 1.62 bits per heavy atom. The molecule has 5 heteroatoms. The summed E-state index contributed by atoms with van der Waals surface area (Å²) in [5, 5.41) is 0. The third-order valence-corrected chi connectivity index (χ3v) is 3.39. The van der Waals surface area contributed by atoms with Crippen LogP contribution in [0.3, 0.4) is 0 Å². The molecule has 0 radical (unpaired) electrons. The number of allylic oxidation sites excluding steroid dienone is 1. The lowest BCUT2D eigenvalue weighted by atomic mass is 10.1. The predicted octanol–water partition coefficient (Wildman–Crippen LogP) is 2.08. The molecule has 0 N–H and O–H groups in total. The molecule has 0 aromatic heterocycles. The third kappa shape index (κ3) is 3.68. The van der Waals surface area contributed by atoms with E-state index in [1.165, 1.54) is 12.1 Å². The van der Waals surface area contributed by atoms with Gasteiger partial charge in [-0.2, -0.15) is 0 Å². The Balaban J connectivity index is 1.98. The number of halogens is 1. The molecule has 1 aliphatic heterocycles. The summed E-state index contributed by atoms with van der Waals surface area (Å²) in [6, 6.07) is 5.97. The summed E-state index contributed by atoms with van der Waals surface area (Å²) in [5.74, 6) is -0.860. The highest BCUT2D eigenvalue weighted by Gasteiger charge is 2.25. The second-order valence-corrected chi connectivity index (χ2v) is 5.32. The quantitative estimate of drug-likeness (QED) is 0.782. The van der Waals surface area contributed by atoms with Crippen molar-refractivity contribution in [3.05, 3.63) is 47.3 Å². The van der Waals surface area contributed by atoms with Crippen molar-refractivity contribution in [1.82, 2.24) is 9.80 Å². The molecule has 1 saturated heterocycles. The molecule has 0 saturated carbocycles. The number of carbonyl (C=O) groups excluding carboxylic acids is 2. The van der Waals surface area contributed by atoms with Gasteiger partial charge in [0.25, 0.3) is 5.91 Å². The smallest absolute Gasteiger partial charge is 0.256 e. The summed E-state index contributed by atoms with van der Waals surface area (Å²) in [6.45, 7) is 5.54. The first-order valence-electron chi connectivity index (χ1n) is 6.96. The third-order valence-electron chi connectivity index (χ3n) is 3.39. The fraction of sp³-hybridized carbons (Fsp3) is 0.375. The van der Waals surface area contributed by atoms with Crippen LogP contribution in [0.25, 0.3) is 0 Å². The zero-order valence-corrected chi connectivity index (χ0v) is 12.3. The summed E-state index contributed by atoms with van der Waals surface area (Å²) in [7, 11) is 0. The van der Waals surface area contributed by atoms with E-state index in [9.17, 15) is 14.0 Å². The van der Waals surface area contributed by atoms with Crippen LogP contribution in [-0.4, -0.2) is 47.8 Å². The monoisotopic (exact) mass is 290 g/mol. The van der Waals surface area contributed by atoms with Gasteiger partial charge < -0.3 is 9.80 Å². The molecular formula is C16H19FN2O2. The van der Waals surface area contributed by atoms with Crippen LogP contribution in [0.1, 0.15) is 24.2 Å². The topological polar surface area (TPSA) is 40.6 Å². The van der Waals surface area contributed by atoms with E-state index < -0.39 is 5.82 Å². The van der Waals surface area contributed by atoms with E-state index in [1.54, 1.807) is 28.0 Å². The van der Waals surface area contributed by atoms with Crippen LogP contribution in [0.5, 0.6) is 0 Å². The second-order valence-electron chi connectivity index (χ2n) is 5.32. The van der Waals surface area contributed by atoms with Crippen molar-refractivity contribution in [2.45, 2.75) is 13.8 Å². The molecule has 1 aromatic rings. The molecule has 2 rings (SSSR count). The fourth-order valence-corrected chi connectivity index (χ4v) is 2.27. The Labute approximate surface area is 123 Å². The van der Waals surface area contributed by atoms with Crippen molar-refractivity contribution in [1.29, 1.82) is 0 Å². The van der Waals surface area contributed by atoms with E-state index in [4.69, 9.17) is 0 Å². The highest BCUT2D eigenvalue weighted by molar-refractivity contribution is 5.95. The van der Waals surface area contributed by atoms with E-state index in [0.717, 1.165) is 5.57 Å². The van der Waals surface area contributed by atoms with Crippen LogP contribution in [0.15, 0.2) is 35.9 Å². The Kier molecular flexibility index (Phi) is 4.73. The lowest BCUT2D eigenvalue weighted by Crippen LogP contribution is -2.50. The van der Waals surface area contributed by atoms with E-state index >= 15 is 0 Å². The summed E-state index contributed by atoms with van der Waals surface area (Å²) < 4.78 is 13.6. The van der Waals surface area contributed by atoms with Crippen LogP contribution in [0.2, 0.25) is 0 Å². The first kappa shape index (κ1) is 15.2. The standard InChI is InChI=1S/C16H19FN2O2/c1-12(2)11-15(20)18-7-9-19(10-8-18)16(21)13-5-3-4-6-14(13)17/h3-6,11H,7-10H2,1-2H3. The Hall–Kier alpha value is -2.17. The highest BCUT2D eigenvalue weighted by Crippen LogP contribution is 2.12. The molecule has 1 heterocycles. The van der Waals surface area contributed by atoms with Crippen LogP contribution in [-0.2, 0) is 4.79 Å². The molecule has 0 bridgehead atoms. The molecule has 2 amide bonds. The van der Waals surface area contributed by atoms with Crippen molar-refractivity contribution in [2.24, 2.45) is 0 Å². The Morgan fingerprint density at radius 3 is 2.19 bits per heavy atom. The van der Waals surface area contributed by atoms with Crippen LogP contribution < -0.4 is 0 Å². The Morgan fingerprint density at radius 1 is 1.05 bits per heavy atom. The minimum absolute atomic E-state index is 0.0343. The lowest BCUT2D eigenvalue weighted by molar-refractivity contribution is -0.127. The average Bonchev–Trinajstić information content (AvgIpc) is 2.46. The van der Waals surface area contributed by atoms with Gasteiger partial charge >= 0.3 is 0 Å². The molecule has 0 unspecified atom stereocenters. The molecule has 0 spiro atoms. The first-order valence-corrected chi connectivity index (χ1v) is 6.96. The normalized spacial score (nSPS) is 14.8. The molecular weight excluding hydrogens is 271 g/mol. The van der Waals surface area contributed by atoms with Crippen LogP contribution >= 0.6 is 0 Å².